The minimum absolute atomic E-state index is 0.220. The molecule has 0 saturated carbocycles. The minimum atomic E-state index is -0.930. The van der Waals surface area contributed by atoms with E-state index < -0.39 is 24.0 Å². The zero-order valence-corrected chi connectivity index (χ0v) is 18.4. The van der Waals surface area contributed by atoms with Crippen LogP contribution in [0.3, 0.4) is 0 Å². The van der Waals surface area contributed by atoms with E-state index in [0.717, 1.165) is 10.5 Å². The largest absolute Gasteiger partial charge is 0.459 e. The molecule has 0 unspecified atom stereocenters. The lowest BCUT2D eigenvalue weighted by Crippen LogP contribution is -2.56. The lowest BCUT2D eigenvalue weighted by molar-refractivity contribution is -0.142. The summed E-state index contributed by atoms with van der Waals surface area (Å²) in [4.78, 5) is 57.2. The maximum atomic E-state index is 13.1. The fourth-order valence-corrected chi connectivity index (χ4v) is 4.14. The van der Waals surface area contributed by atoms with Gasteiger partial charge in [0.2, 0.25) is 5.91 Å². The topological polar surface area (TPSA) is 94.4 Å². The fourth-order valence-electron chi connectivity index (χ4n) is 4.14. The SMILES string of the molecule is Cc1ccc(N2C(=O)N([C@@H](C)C(=O)N3CCN(C(=O)c4ccco4)CC3)C(=O)[C@H]2C)cc1. The monoisotopic (exact) mass is 438 g/mol. The molecule has 9 heteroatoms. The molecule has 0 spiro atoms. The molecule has 1 aromatic carbocycles. The summed E-state index contributed by atoms with van der Waals surface area (Å²) < 4.78 is 5.16. The Hall–Kier alpha value is -3.62. The number of furan rings is 1. The first-order chi connectivity index (χ1) is 15.3. The van der Waals surface area contributed by atoms with Crippen molar-refractivity contribution in [3.63, 3.8) is 0 Å². The third-order valence-electron chi connectivity index (χ3n) is 6.06. The number of amides is 5. The van der Waals surface area contributed by atoms with E-state index in [1.54, 1.807) is 47.9 Å². The molecule has 9 nitrogen and oxygen atoms in total. The number of hydrogen-bond donors (Lipinski definition) is 0. The van der Waals surface area contributed by atoms with Gasteiger partial charge in [-0.3, -0.25) is 19.3 Å². The number of rotatable bonds is 4. The van der Waals surface area contributed by atoms with Gasteiger partial charge in [-0.25, -0.2) is 9.69 Å². The maximum Gasteiger partial charge on any atom is 0.332 e. The first kappa shape index (κ1) is 21.6. The number of nitrogens with zero attached hydrogens (tertiary/aromatic N) is 4. The Morgan fingerprint density at radius 3 is 2.22 bits per heavy atom. The molecule has 0 radical (unpaired) electrons. The van der Waals surface area contributed by atoms with Gasteiger partial charge < -0.3 is 14.2 Å². The highest BCUT2D eigenvalue weighted by Gasteiger charge is 2.48. The lowest BCUT2D eigenvalue weighted by atomic mass is 10.2. The Morgan fingerprint density at radius 2 is 1.62 bits per heavy atom. The standard InChI is InChI=1S/C23H26N4O5/c1-15-6-8-18(9-7-15)26-17(3)21(29)27(23(26)31)16(2)20(28)24-10-12-25(13-11-24)22(30)19-5-4-14-32-19/h4-9,14,16-17H,10-13H2,1-3H3/t16-,17+/m0/s1. The number of benzene rings is 1. The van der Waals surface area contributed by atoms with Gasteiger partial charge in [-0.2, -0.15) is 0 Å². The zero-order chi connectivity index (χ0) is 23.0. The summed E-state index contributed by atoms with van der Waals surface area (Å²) in [6.45, 7) is 6.53. The van der Waals surface area contributed by atoms with Crippen LogP contribution in [0.2, 0.25) is 0 Å². The number of aryl methyl sites for hydroxylation is 1. The normalized spacial score (nSPS) is 20.2. The Morgan fingerprint density at radius 1 is 1.00 bits per heavy atom. The van der Waals surface area contributed by atoms with Gasteiger partial charge >= 0.3 is 6.03 Å². The number of anilines is 1. The van der Waals surface area contributed by atoms with Crippen LogP contribution in [0.25, 0.3) is 0 Å². The molecular weight excluding hydrogens is 412 g/mol. The molecule has 2 aliphatic heterocycles. The zero-order valence-electron chi connectivity index (χ0n) is 18.4. The maximum absolute atomic E-state index is 13.1. The fraction of sp³-hybridized carbons (Fsp3) is 0.391. The molecule has 1 aromatic heterocycles. The highest BCUT2D eigenvalue weighted by atomic mass is 16.3. The second kappa shape index (κ2) is 8.49. The van der Waals surface area contributed by atoms with E-state index in [-0.39, 0.29) is 17.6 Å². The summed E-state index contributed by atoms with van der Waals surface area (Å²) in [6, 6.07) is 8.47. The number of imide groups is 1. The van der Waals surface area contributed by atoms with Gasteiger partial charge in [-0.1, -0.05) is 17.7 Å². The van der Waals surface area contributed by atoms with Crippen molar-refractivity contribution < 1.29 is 23.6 Å². The average molecular weight is 438 g/mol. The predicted molar refractivity (Wildman–Crippen MR) is 116 cm³/mol. The number of carbonyl (C=O) groups excluding carboxylic acids is 4. The molecule has 4 rings (SSSR count). The second-order valence-electron chi connectivity index (χ2n) is 8.14. The molecule has 2 saturated heterocycles. The molecule has 32 heavy (non-hydrogen) atoms. The van der Waals surface area contributed by atoms with Crippen LogP contribution in [0.5, 0.6) is 0 Å². The lowest BCUT2D eigenvalue weighted by Gasteiger charge is -2.36. The highest BCUT2D eigenvalue weighted by Crippen LogP contribution is 2.28. The molecular formula is C23H26N4O5. The number of hydrogen-bond acceptors (Lipinski definition) is 5. The third kappa shape index (κ3) is 3.74. The van der Waals surface area contributed by atoms with Gasteiger partial charge in [0, 0.05) is 31.9 Å². The van der Waals surface area contributed by atoms with Crippen LogP contribution < -0.4 is 4.90 Å². The molecule has 2 atom stereocenters. The van der Waals surface area contributed by atoms with Crippen molar-refractivity contribution in [2.45, 2.75) is 32.9 Å². The van der Waals surface area contributed by atoms with Crippen molar-refractivity contribution in [2.24, 2.45) is 0 Å². The molecule has 2 aromatic rings. The molecule has 0 bridgehead atoms. The van der Waals surface area contributed by atoms with E-state index in [1.807, 2.05) is 19.1 Å². The van der Waals surface area contributed by atoms with Gasteiger partial charge in [0.05, 0.1) is 6.26 Å². The summed E-state index contributed by atoms with van der Waals surface area (Å²) in [7, 11) is 0. The Bertz CT molecular complexity index is 1030. The number of piperazine rings is 1. The van der Waals surface area contributed by atoms with Crippen LogP contribution in [-0.2, 0) is 9.59 Å². The van der Waals surface area contributed by atoms with Gasteiger partial charge in [0.25, 0.3) is 11.8 Å². The molecule has 2 fully saturated rings. The van der Waals surface area contributed by atoms with Crippen LogP contribution in [0.4, 0.5) is 10.5 Å². The predicted octanol–water partition coefficient (Wildman–Crippen LogP) is 2.12. The Labute approximate surface area is 186 Å². The Kier molecular flexibility index (Phi) is 5.73. The van der Waals surface area contributed by atoms with Crippen LogP contribution >= 0.6 is 0 Å². The highest BCUT2D eigenvalue weighted by molar-refractivity contribution is 6.16. The van der Waals surface area contributed by atoms with Gasteiger partial charge in [0.1, 0.15) is 12.1 Å². The van der Waals surface area contributed by atoms with Crippen LogP contribution in [0.15, 0.2) is 47.1 Å². The molecule has 5 amide bonds. The van der Waals surface area contributed by atoms with E-state index in [9.17, 15) is 19.2 Å². The van der Waals surface area contributed by atoms with Crippen LogP contribution in [0.1, 0.15) is 30.0 Å². The molecule has 168 valence electrons. The first-order valence-electron chi connectivity index (χ1n) is 10.6. The smallest absolute Gasteiger partial charge is 0.332 e. The summed E-state index contributed by atoms with van der Waals surface area (Å²) in [5, 5.41) is 0. The number of urea groups is 1. The summed E-state index contributed by atoms with van der Waals surface area (Å²) >= 11 is 0. The molecule has 0 N–H and O–H groups in total. The van der Waals surface area contributed by atoms with Crippen LogP contribution in [0, 0.1) is 6.92 Å². The van der Waals surface area contributed by atoms with Gasteiger partial charge in [-0.15, -0.1) is 0 Å². The van der Waals surface area contributed by atoms with Crippen molar-refractivity contribution in [2.75, 3.05) is 31.1 Å². The first-order valence-corrected chi connectivity index (χ1v) is 10.6. The van der Waals surface area contributed by atoms with E-state index in [0.29, 0.717) is 31.9 Å². The van der Waals surface area contributed by atoms with Crippen molar-refractivity contribution in [1.29, 1.82) is 0 Å². The summed E-state index contributed by atoms with van der Waals surface area (Å²) in [5.74, 6) is -0.669. The van der Waals surface area contributed by atoms with Crippen molar-refractivity contribution in [3.05, 3.63) is 54.0 Å². The molecule has 2 aliphatic rings. The van der Waals surface area contributed by atoms with Gasteiger partial charge in [-0.05, 0) is 45.0 Å². The average Bonchev–Trinajstić information content (AvgIpc) is 3.41. The van der Waals surface area contributed by atoms with Crippen molar-refractivity contribution in [1.82, 2.24) is 14.7 Å². The molecule has 0 aliphatic carbocycles. The van der Waals surface area contributed by atoms with E-state index in [2.05, 4.69) is 0 Å². The number of carbonyl (C=O) groups is 4. The summed E-state index contributed by atoms with van der Waals surface area (Å²) in [6.07, 6.45) is 1.44. The van der Waals surface area contributed by atoms with Crippen LogP contribution in [-0.4, -0.2) is 76.7 Å². The van der Waals surface area contributed by atoms with E-state index in [4.69, 9.17) is 4.42 Å². The van der Waals surface area contributed by atoms with Crippen molar-refractivity contribution in [3.8, 4) is 0 Å². The third-order valence-corrected chi connectivity index (χ3v) is 6.06. The summed E-state index contributed by atoms with van der Waals surface area (Å²) in [5.41, 5.74) is 1.66. The molecule has 3 heterocycles. The van der Waals surface area contributed by atoms with Gasteiger partial charge in [0.15, 0.2) is 5.76 Å². The Balaban J connectivity index is 1.42. The minimum Gasteiger partial charge on any atom is -0.459 e. The quantitative estimate of drug-likeness (QED) is 0.682. The second-order valence-corrected chi connectivity index (χ2v) is 8.14. The van der Waals surface area contributed by atoms with Crippen molar-refractivity contribution >= 4 is 29.4 Å². The van der Waals surface area contributed by atoms with E-state index in [1.165, 1.54) is 11.2 Å². The van der Waals surface area contributed by atoms with E-state index >= 15 is 0 Å².